The zero-order valence-corrected chi connectivity index (χ0v) is 11.9. The van der Waals surface area contributed by atoms with Crippen LogP contribution >= 0.6 is 0 Å². The van der Waals surface area contributed by atoms with E-state index in [9.17, 15) is 0 Å². The van der Waals surface area contributed by atoms with E-state index in [0.717, 1.165) is 17.9 Å². The lowest BCUT2D eigenvalue weighted by Crippen LogP contribution is -2.04. The molecular formula is C19H18O2. The van der Waals surface area contributed by atoms with Crippen molar-refractivity contribution in [1.29, 1.82) is 0 Å². The highest BCUT2D eigenvalue weighted by Gasteiger charge is 1.97. The van der Waals surface area contributed by atoms with Gasteiger partial charge in [-0.2, -0.15) is 0 Å². The first kappa shape index (κ1) is 13.5. The normalized spacial score (nSPS) is 10.5. The monoisotopic (exact) mass is 278 g/mol. The Morgan fingerprint density at radius 3 is 2.05 bits per heavy atom. The second-order valence-corrected chi connectivity index (χ2v) is 4.87. The highest BCUT2D eigenvalue weighted by molar-refractivity contribution is 5.83. The van der Waals surface area contributed by atoms with Crippen molar-refractivity contribution in [3.63, 3.8) is 0 Å². The first-order chi connectivity index (χ1) is 10.4. The first-order valence-corrected chi connectivity index (χ1v) is 7.21. The van der Waals surface area contributed by atoms with Gasteiger partial charge in [0.2, 0.25) is 0 Å². The predicted molar refractivity (Wildman–Crippen MR) is 86.0 cm³/mol. The van der Waals surface area contributed by atoms with E-state index < -0.39 is 0 Å². The van der Waals surface area contributed by atoms with Crippen LogP contribution in [0.15, 0.2) is 72.8 Å². The molecule has 0 heterocycles. The Morgan fingerprint density at radius 1 is 0.571 bits per heavy atom. The van der Waals surface area contributed by atoms with Crippen LogP contribution in [0.1, 0.15) is 6.42 Å². The Kier molecular flexibility index (Phi) is 4.37. The third kappa shape index (κ3) is 3.76. The zero-order chi connectivity index (χ0) is 14.3. The third-order valence-electron chi connectivity index (χ3n) is 3.29. The van der Waals surface area contributed by atoms with Gasteiger partial charge in [0.05, 0.1) is 13.2 Å². The van der Waals surface area contributed by atoms with Crippen molar-refractivity contribution < 1.29 is 9.47 Å². The van der Waals surface area contributed by atoms with Crippen molar-refractivity contribution in [2.45, 2.75) is 6.42 Å². The number of hydrogen-bond donors (Lipinski definition) is 0. The second-order valence-electron chi connectivity index (χ2n) is 4.87. The van der Waals surface area contributed by atoms with Crippen LogP contribution in [0, 0.1) is 0 Å². The lowest BCUT2D eigenvalue weighted by atomic mass is 10.1. The van der Waals surface area contributed by atoms with Crippen molar-refractivity contribution in [1.82, 2.24) is 0 Å². The molecule has 0 fully saturated rings. The van der Waals surface area contributed by atoms with Gasteiger partial charge in [-0.05, 0) is 35.0 Å². The fourth-order valence-corrected chi connectivity index (χ4v) is 2.21. The molecule has 0 bridgehead atoms. The highest BCUT2D eigenvalue weighted by atomic mass is 16.5. The number of rotatable bonds is 6. The summed E-state index contributed by atoms with van der Waals surface area (Å²) in [6, 6.07) is 24.3. The van der Waals surface area contributed by atoms with Gasteiger partial charge in [0.15, 0.2) is 0 Å². The summed E-state index contributed by atoms with van der Waals surface area (Å²) >= 11 is 0. The summed E-state index contributed by atoms with van der Waals surface area (Å²) in [5.74, 6) is 1.82. The van der Waals surface area contributed by atoms with Gasteiger partial charge < -0.3 is 9.47 Å². The van der Waals surface area contributed by atoms with E-state index in [1.54, 1.807) is 0 Å². The number of benzene rings is 3. The quantitative estimate of drug-likeness (QED) is 0.609. The van der Waals surface area contributed by atoms with Crippen molar-refractivity contribution >= 4 is 10.8 Å². The van der Waals surface area contributed by atoms with E-state index in [0.29, 0.717) is 13.2 Å². The van der Waals surface area contributed by atoms with Crippen LogP contribution in [-0.2, 0) is 0 Å². The molecule has 3 aromatic rings. The summed E-state index contributed by atoms with van der Waals surface area (Å²) < 4.78 is 11.4. The van der Waals surface area contributed by atoms with E-state index in [1.807, 2.05) is 48.5 Å². The van der Waals surface area contributed by atoms with E-state index in [1.165, 1.54) is 10.8 Å². The van der Waals surface area contributed by atoms with Gasteiger partial charge in [-0.1, -0.05) is 48.5 Å². The van der Waals surface area contributed by atoms with Crippen LogP contribution in [0.2, 0.25) is 0 Å². The number of fused-ring (bicyclic) bond motifs is 1. The van der Waals surface area contributed by atoms with Crippen LogP contribution in [-0.4, -0.2) is 13.2 Å². The molecule has 3 rings (SSSR count). The van der Waals surface area contributed by atoms with Gasteiger partial charge >= 0.3 is 0 Å². The molecule has 2 nitrogen and oxygen atoms in total. The summed E-state index contributed by atoms with van der Waals surface area (Å²) in [5, 5.41) is 2.44. The maximum atomic E-state index is 5.77. The van der Waals surface area contributed by atoms with Gasteiger partial charge in [0.25, 0.3) is 0 Å². The molecule has 0 unspecified atom stereocenters. The highest BCUT2D eigenvalue weighted by Crippen LogP contribution is 2.20. The molecule has 0 radical (unpaired) electrons. The molecule has 0 aliphatic heterocycles. The largest absolute Gasteiger partial charge is 0.493 e. The summed E-state index contributed by atoms with van der Waals surface area (Å²) in [6.45, 7) is 1.32. The van der Waals surface area contributed by atoms with Crippen molar-refractivity contribution in [3.8, 4) is 11.5 Å². The van der Waals surface area contributed by atoms with Gasteiger partial charge in [-0.3, -0.25) is 0 Å². The number of para-hydroxylation sites is 1. The van der Waals surface area contributed by atoms with E-state index in [2.05, 4.69) is 24.3 Å². The molecule has 0 atom stereocenters. The van der Waals surface area contributed by atoms with Gasteiger partial charge in [0, 0.05) is 6.42 Å². The average Bonchev–Trinajstić information content (AvgIpc) is 2.55. The standard InChI is InChI=1S/C19H18O2/c1-2-9-18(10-3-1)20-13-6-14-21-19-12-11-16-7-4-5-8-17(16)15-19/h1-5,7-12,15H,6,13-14H2. The summed E-state index contributed by atoms with van der Waals surface area (Å²) in [5.41, 5.74) is 0. The minimum absolute atomic E-state index is 0.658. The third-order valence-corrected chi connectivity index (χ3v) is 3.29. The number of hydrogen-bond acceptors (Lipinski definition) is 2. The molecule has 0 spiro atoms. The van der Waals surface area contributed by atoms with Crippen LogP contribution in [0.4, 0.5) is 0 Å². The Bertz CT molecular complexity index is 692. The smallest absolute Gasteiger partial charge is 0.119 e. The SMILES string of the molecule is c1ccc(OCCCOc2ccc3ccccc3c2)cc1. The van der Waals surface area contributed by atoms with E-state index in [-0.39, 0.29) is 0 Å². The lowest BCUT2D eigenvalue weighted by molar-refractivity contribution is 0.247. The summed E-state index contributed by atoms with van der Waals surface area (Å²) in [6.07, 6.45) is 0.863. The minimum Gasteiger partial charge on any atom is -0.493 e. The second kappa shape index (κ2) is 6.80. The topological polar surface area (TPSA) is 18.5 Å². The summed E-state index contributed by atoms with van der Waals surface area (Å²) in [4.78, 5) is 0. The minimum atomic E-state index is 0.658. The molecule has 0 aromatic heterocycles. The maximum Gasteiger partial charge on any atom is 0.119 e. The van der Waals surface area contributed by atoms with Crippen molar-refractivity contribution in [2.75, 3.05) is 13.2 Å². The number of ether oxygens (including phenoxy) is 2. The summed E-state index contributed by atoms with van der Waals surface area (Å²) in [7, 11) is 0. The Morgan fingerprint density at radius 2 is 1.24 bits per heavy atom. The molecule has 0 amide bonds. The molecule has 21 heavy (non-hydrogen) atoms. The Labute approximate surface area is 124 Å². The first-order valence-electron chi connectivity index (χ1n) is 7.21. The molecule has 0 N–H and O–H groups in total. The van der Waals surface area contributed by atoms with Crippen LogP contribution in [0.25, 0.3) is 10.8 Å². The predicted octanol–water partition coefficient (Wildman–Crippen LogP) is 4.69. The van der Waals surface area contributed by atoms with Crippen LogP contribution < -0.4 is 9.47 Å². The van der Waals surface area contributed by atoms with Crippen LogP contribution in [0.3, 0.4) is 0 Å². The van der Waals surface area contributed by atoms with Gasteiger partial charge in [-0.25, -0.2) is 0 Å². The molecule has 3 aromatic carbocycles. The molecule has 0 aliphatic carbocycles. The van der Waals surface area contributed by atoms with Gasteiger partial charge in [-0.15, -0.1) is 0 Å². The lowest BCUT2D eigenvalue weighted by Gasteiger charge is -2.08. The van der Waals surface area contributed by atoms with E-state index in [4.69, 9.17) is 9.47 Å². The van der Waals surface area contributed by atoms with Crippen LogP contribution in [0.5, 0.6) is 11.5 Å². The van der Waals surface area contributed by atoms with Crippen molar-refractivity contribution in [3.05, 3.63) is 72.8 Å². The van der Waals surface area contributed by atoms with Crippen molar-refractivity contribution in [2.24, 2.45) is 0 Å². The fourth-order valence-electron chi connectivity index (χ4n) is 2.21. The Hall–Kier alpha value is -2.48. The molecule has 2 heteroatoms. The molecule has 106 valence electrons. The maximum absolute atomic E-state index is 5.77. The molecule has 0 saturated heterocycles. The Balaban J connectivity index is 1.46. The van der Waals surface area contributed by atoms with Gasteiger partial charge in [0.1, 0.15) is 11.5 Å². The zero-order valence-electron chi connectivity index (χ0n) is 11.9. The average molecular weight is 278 g/mol. The molecule has 0 aliphatic rings. The molecular weight excluding hydrogens is 260 g/mol. The van der Waals surface area contributed by atoms with E-state index >= 15 is 0 Å². The fraction of sp³-hybridized carbons (Fsp3) is 0.158. The molecule has 0 saturated carbocycles.